The predicted octanol–water partition coefficient (Wildman–Crippen LogP) is 5.70. The first-order chi connectivity index (χ1) is 15.4. The van der Waals surface area contributed by atoms with Crippen molar-refractivity contribution in [1.82, 2.24) is 9.55 Å². The van der Waals surface area contributed by atoms with Gasteiger partial charge in [0.25, 0.3) is 0 Å². The van der Waals surface area contributed by atoms with E-state index in [1.54, 1.807) is 12.3 Å². The van der Waals surface area contributed by atoms with Gasteiger partial charge < -0.3 is 14.6 Å². The van der Waals surface area contributed by atoms with Gasteiger partial charge in [0.15, 0.2) is 0 Å². The summed E-state index contributed by atoms with van der Waals surface area (Å²) in [5.74, 6) is 0.0142. The van der Waals surface area contributed by atoms with Crippen LogP contribution in [0.2, 0.25) is 5.02 Å². The van der Waals surface area contributed by atoms with Gasteiger partial charge in [-0.3, -0.25) is 0 Å². The molecule has 0 fully saturated rings. The third-order valence-corrected chi connectivity index (χ3v) is 5.82. The molecule has 1 N–H and O–H groups in total. The van der Waals surface area contributed by atoms with E-state index in [-0.39, 0.29) is 0 Å². The summed E-state index contributed by atoms with van der Waals surface area (Å²) in [5.41, 5.74) is 4.11. The van der Waals surface area contributed by atoms with E-state index in [2.05, 4.69) is 16.5 Å². The van der Waals surface area contributed by atoms with E-state index < -0.39 is 5.97 Å². The van der Waals surface area contributed by atoms with Crippen LogP contribution in [0.3, 0.4) is 0 Å². The third kappa shape index (κ3) is 6.01. The SMILES string of the molecule is CCCCc1ncc(C=C(Cc2ccc(N(C)C)cc2)C(=O)O)n1Cc1ccccc1Cl. The van der Waals surface area contributed by atoms with Crippen molar-refractivity contribution in [3.63, 3.8) is 0 Å². The monoisotopic (exact) mass is 451 g/mol. The standard InChI is InChI=1S/C26H30ClN3O2/c1-4-5-10-25-28-17-23(30(25)18-20-8-6-7-9-24(20)27)16-21(26(31)32)15-19-11-13-22(14-12-19)29(2)3/h6-9,11-14,16-17H,4-5,10,15,18H2,1-3H3,(H,31,32). The largest absolute Gasteiger partial charge is 0.478 e. The van der Waals surface area contributed by atoms with Crippen LogP contribution in [0.4, 0.5) is 5.69 Å². The van der Waals surface area contributed by atoms with Crippen molar-refractivity contribution in [3.05, 3.63) is 88.0 Å². The molecule has 0 aliphatic rings. The Labute approximate surface area is 195 Å². The lowest BCUT2D eigenvalue weighted by atomic mass is 10.0. The molecule has 3 aromatic rings. The van der Waals surface area contributed by atoms with Crippen molar-refractivity contribution in [3.8, 4) is 0 Å². The van der Waals surface area contributed by atoms with Crippen molar-refractivity contribution in [2.75, 3.05) is 19.0 Å². The Morgan fingerprint density at radius 3 is 2.50 bits per heavy atom. The number of anilines is 1. The zero-order valence-corrected chi connectivity index (χ0v) is 19.6. The fourth-order valence-electron chi connectivity index (χ4n) is 3.56. The number of hydrogen-bond donors (Lipinski definition) is 1. The smallest absolute Gasteiger partial charge is 0.331 e. The topological polar surface area (TPSA) is 58.4 Å². The number of halogens is 1. The number of aromatic nitrogens is 2. The van der Waals surface area contributed by atoms with Crippen LogP contribution >= 0.6 is 11.6 Å². The molecule has 3 rings (SSSR count). The van der Waals surface area contributed by atoms with Crippen molar-refractivity contribution in [2.45, 2.75) is 39.2 Å². The third-order valence-electron chi connectivity index (χ3n) is 5.45. The lowest BCUT2D eigenvalue weighted by Gasteiger charge is -2.13. The highest BCUT2D eigenvalue weighted by atomic mass is 35.5. The van der Waals surface area contributed by atoms with Crippen molar-refractivity contribution in [1.29, 1.82) is 0 Å². The minimum atomic E-state index is -0.928. The Hall–Kier alpha value is -3.05. The van der Waals surface area contributed by atoms with Crippen LogP contribution < -0.4 is 4.90 Å². The number of benzene rings is 2. The van der Waals surface area contributed by atoms with Gasteiger partial charge in [0.2, 0.25) is 0 Å². The number of hydrogen-bond acceptors (Lipinski definition) is 3. The van der Waals surface area contributed by atoms with Gasteiger partial charge in [0, 0.05) is 43.2 Å². The highest BCUT2D eigenvalue weighted by Crippen LogP contribution is 2.22. The summed E-state index contributed by atoms with van der Waals surface area (Å²) in [7, 11) is 3.96. The Morgan fingerprint density at radius 1 is 1.16 bits per heavy atom. The summed E-state index contributed by atoms with van der Waals surface area (Å²) < 4.78 is 2.08. The zero-order valence-electron chi connectivity index (χ0n) is 18.9. The minimum Gasteiger partial charge on any atom is -0.478 e. The summed E-state index contributed by atoms with van der Waals surface area (Å²) in [4.78, 5) is 18.7. The molecule has 1 heterocycles. The molecular weight excluding hydrogens is 422 g/mol. The Bertz CT molecular complexity index is 1080. The maximum atomic E-state index is 12.1. The van der Waals surface area contributed by atoms with E-state index >= 15 is 0 Å². The second-order valence-electron chi connectivity index (χ2n) is 8.09. The highest BCUT2D eigenvalue weighted by Gasteiger charge is 2.15. The molecule has 0 radical (unpaired) electrons. The van der Waals surface area contributed by atoms with Crippen LogP contribution in [-0.2, 0) is 24.2 Å². The number of carboxylic acids is 1. The second kappa shape index (κ2) is 11.0. The predicted molar refractivity (Wildman–Crippen MR) is 131 cm³/mol. The summed E-state index contributed by atoms with van der Waals surface area (Å²) in [6.07, 6.45) is 6.76. The average Bonchev–Trinajstić information content (AvgIpc) is 3.14. The van der Waals surface area contributed by atoms with Gasteiger partial charge in [0.1, 0.15) is 5.82 Å². The Balaban J connectivity index is 1.94. The second-order valence-corrected chi connectivity index (χ2v) is 8.50. The molecule has 5 nitrogen and oxygen atoms in total. The molecular formula is C26H30ClN3O2. The lowest BCUT2D eigenvalue weighted by molar-refractivity contribution is -0.132. The van der Waals surface area contributed by atoms with Gasteiger partial charge in [-0.2, -0.15) is 0 Å². The van der Waals surface area contributed by atoms with Crippen LogP contribution in [0.25, 0.3) is 6.08 Å². The van der Waals surface area contributed by atoms with Crippen LogP contribution in [0.15, 0.2) is 60.3 Å². The maximum absolute atomic E-state index is 12.1. The number of carbonyl (C=O) groups is 1. The van der Waals surface area contributed by atoms with Gasteiger partial charge in [-0.1, -0.05) is 55.3 Å². The van der Waals surface area contributed by atoms with E-state index in [1.807, 2.05) is 67.5 Å². The number of aryl methyl sites for hydroxylation is 1. The van der Waals surface area contributed by atoms with Gasteiger partial charge in [-0.15, -0.1) is 0 Å². The zero-order chi connectivity index (χ0) is 23.1. The van der Waals surface area contributed by atoms with Gasteiger partial charge in [0.05, 0.1) is 18.4 Å². The first-order valence-electron chi connectivity index (χ1n) is 10.9. The Kier molecular flexibility index (Phi) is 8.12. The Morgan fingerprint density at radius 2 is 1.88 bits per heavy atom. The highest BCUT2D eigenvalue weighted by molar-refractivity contribution is 6.31. The first-order valence-corrected chi connectivity index (χ1v) is 11.2. The van der Waals surface area contributed by atoms with Crippen LogP contribution in [-0.4, -0.2) is 34.7 Å². The molecule has 2 aromatic carbocycles. The summed E-state index contributed by atoms with van der Waals surface area (Å²) in [6.45, 7) is 2.70. The molecule has 0 saturated heterocycles. The van der Waals surface area contributed by atoms with Crippen molar-refractivity contribution < 1.29 is 9.90 Å². The van der Waals surface area contributed by atoms with E-state index in [1.165, 1.54) is 0 Å². The number of imidazole rings is 1. The number of nitrogens with zero attached hydrogens (tertiary/aromatic N) is 3. The molecule has 0 spiro atoms. The van der Waals surface area contributed by atoms with Crippen molar-refractivity contribution in [2.24, 2.45) is 0 Å². The van der Waals surface area contributed by atoms with E-state index in [4.69, 9.17) is 11.6 Å². The first kappa shape index (κ1) is 23.6. The molecule has 0 amide bonds. The molecule has 0 atom stereocenters. The molecule has 0 unspecified atom stereocenters. The van der Waals surface area contributed by atoms with Gasteiger partial charge in [-0.05, 0) is 41.8 Å². The molecule has 0 saturated carbocycles. The molecule has 1 aromatic heterocycles. The van der Waals surface area contributed by atoms with Crippen LogP contribution in [0.5, 0.6) is 0 Å². The number of aliphatic carboxylic acids is 1. The van der Waals surface area contributed by atoms with E-state index in [9.17, 15) is 9.90 Å². The van der Waals surface area contributed by atoms with Crippen LogP contribution in [0, 0.1) is 0 Å². The fraction of sp³-hybridized carbons (Fsp3) is 0.308. The quantitative estimate of drug-likeness (QED) is 0.401. The number of rotatable bonds is 10. The van der Waals surface area contributed by atoms with Crippen molar-refractivity contribution >= 4 is 29.3 Å². The number of carboxylic acid groups (broad SMARTS) is 1. The van der Waals surface area contributed by atoms with Crippen LogP contribution in [0.1, 0.15) is 42.4 Å². The lowest BCUT2D eigenvalue weighted by Crippen LogP contribution is -2.10. The fourth-order valence-corrected chi connectivity index (χ4v) is 3.75. The molecule has 6 heteroatoms. The number of unbranched alkanes of at least 4 members (excludes halogenated alkanes) is 1. The summed E-state index contributed by atoms with van der Waals surface area (Å²) in [6, 6.07) is 15.7. The summed E-state index contributed by atoms with van der Waals surface area (Å²) in [5, 5.41) is 10.6. The van der Waals surface area contributed by atoms with Gasteiger partial charge >= 0.3 is 5.97 Å². The molecule has 0 bridgehead atoms. The van der Waals surface area contributed by atoms with Gasteiger partial charge in [-0.25, -0.2) is 9.78 Å². The summed E-state index contributed by atoms with van der Waals surface area (Å²) >= 11 is 6.40. The molecule has 168 valence electrons. The average molecular weight is 452 g/mol. The molecule has 0 aliphatic heterocycles. The van der Waals surface area contributed by atoms with E-state index in [0.29, 0.717) is 23.6 Å². The normalized spacial score (nSPS) is 11.6. The molecule has 32 heavy (non-hydrogen) atoms. The maximum Gasteiger partial charge on any atom is 0.331 e. The van der Waals surface area contributed by atoms with E-state index in [0.717, 1.165) is 47.6 Å². The molecule has 0 aliphatic carbocycles. The minimum absolute atomic E-state index is 0.324.